The van der Waals surface area contributed by atoms with Gasteiger partial charge in [0, 0.05) is 32.2 Å². The smallest absolute Gasteiger partial charge is 0.236 e. The lowest BCUT2D eigenvalue weighted by Crippen LogP contribution is -2.53. The van der Waals surface area contributed by atoms with Gasteiger partial charge in [-0.15, -0.1) is 0 Å². The first-order chi connectivity index (χ1) is 9.97. The number of nitrogens with zero attached hydrogens (tertiary/aromatic N) is 2. The van der Waals surface area contributed by atoms with Crippen molar-refractivity contribution in [2.24, 2.45) is 17.4 Å². The number of hydrogen-bond acceptors (Lipinski definition) is 5. The highest BCUT2D eigenvalue weighted by molar-refractivity contribution is 5.81. The summed E-state index contributed by atoms with van der Waals surface area (Å²) < 4.78 is 5.59. The summed E-state index contributed by atoms with van der Waals surface area (Å²) in [6, 6.07) is -0.0443. The molecule has 0 bridgehead atoms. The third-order valence-electron chi connectivity index (χ3n) is 4.30. The molecule has 2 fully saturated rings. The quantitative estimate of drug-likeness (QED) is 0.676. The lowest BCUT2D eigenvalue weighted by Gasteiger charge is -2.37. The van der Waals surface area contributed by atoms with Crippen molar-refractivity contribution in [1.82, 2.24) is 9.80 Å². The van der Waals surface area contributed by atoms with Crippen LogP contribution >= 0.6 is 0 Å². The van der Waals surface area contributed by atoms with Gasteiger partial charge in [-0.1, -0.05) is 0 Å². The number of rotatable bonds is 4. The van der Waals surface area contributed by atoms with Gasteiger partial charge in [-0.25, -0.2) is 0 Å². The van der Waals surface area contributed by atoms with Crippen molar-refractivity contribution in [3.8, 4) is 0 Å². The van der Waals surface area contributed by atoms with Gasteiger partial charge < -0.3 is 21.1 Å². The molecule has 0 spiro atoms. The van der Waals surface area contributed by atoms with Crippen LogP contribution in [0, 0.1) is 5.92 Å². The fourth-order valence-corrected chi connectivity index (χ4v) is 2.92. The van der Waals surface area contributed by atoms with Crippen LogP contribution in [0.2, 0.25) is 0 Å². The molecule has 0 saturated carbocycles. The van der Waals surface area contributed by atoms with Gasteiger partial charge in [0.25, 0.3) is 0 Å². The Kier molecular flexibility index (Phi) is 5.55. The standard InChI is InChI=1S/C14H26N4O3/c1-10(15)12-8-17(5-6-21-12)9-13(19)18-4-2-3-11(7-18)14(16)20/h10-12H,2-9,15H2,1H3,(H2,16,20). The number of carbonyl (C=O) groups is 2. The van der Waals surface area contributed by atoms with Crippen LogP contribution in [-0.4, -0.2) is 73.1 Å². The lowest BCUT2D eigenvalue weighted by molar-refractivity contribution is -0.137. The van der Waals surface area contributed by atoms with Crippen molar-refractivity contribution in [3.05, 3.63) is 0 Å². The van der Waals surface area contributed by atoms with Gasteiger partial charge in [-0.3, -0.25) is 14.5 Å². The molecule has 0 aromatic carbocycles. The predicted octanol–water partition coefficient (Wildman–Crippen LogP) is -1.24. The van der Waals surface area contributed by atoms with Gasteiger partial charge in [0.15, 0.2) is 0 Å². The summed E-state index contributed by atoms with van der Waals surface area (Å²) in [7, 11) is 0. The van der Waals surface area contributed by atoms with E-state index in [1.165, 1.54) is 0 Å². The molecule has 0 aromatic rings. The average Bonchev–Trinajstić information content (AvgIpc) is 2.47. The monoisotopic (exact) mass is 298 g/mol. The number of ether oxygens (including phenoxy) is 1. The highest BCUT2D eigenvalue weighted by Gasteiger charge is 2.29. The molecule has 2 aliphatic heterocycles. The predicted molar refractivity (Wildman–Crippen MR) is 78.3 cm³/mol. The van der Waals surface area contributed by atoms with Crippen LogP contribution in [-0.2, 0) is 14.3 Å². The summed E-state index contributed by atoms with van der Waals surface area (Å²) in [5, 5.41) is 0. The van der Waals surface area contributed by atoms with E-state index < -0.39 is 0 Å². The molecule has 120 valence electrons. The number of amides is 2. The maximum absolute atomic E-state index is 12.4. The van der Waals surface area contributed by atoms with Crippen molar-refractivity contribution in [3.63, 3.8) is 0 Å². The molecular weight excluding hydrogens is 272 g/mol. The highest BCUT2D eigenvalue weighted by Crippen LogP contribution is 2.17. The third kappa shape index (κ3) is 4.39. The van der Waals surface area contributed by atoms with Gasteiger partial charge in [0.05, 0.1) is 25.2 Å². The Labute approximate surface area is 125 Å². The number of nitrogens with two attached hydrogens (primary N) is 2. The zero-order chi connectivity index (χ0) is 15.4. The first-order valence-electron chi connectivity index (χ1n) is 7.64. The van der Waals surface area contributed by atoms with Crippen molar-refractivity contribution >= 4 is 11.8 Å². The van der Waals surface area contributed by atoms with E-state index >= 15 is 0 Å². The Balaban J connectivity index is 1.84. The minimum Gasteiger partial charge on any atom is -0.374 e. The molecule has 3 unspecified atom stereocenters. The fraction of sp³-hybridized carbons (Fsp3) is 0.857. The molecular formula is C14H26N4O3. The van der Waals surface area contributed by atoms with Crippen molar-refractivity contribution in [2.45, 2.75) is 31.9 Å². The molecule has 7 heteroatoms. The van der Waals surface area contributed by atoms with Gasteiger partial charge in [0.2, 0.25) is 11.8 Å². The Morgan fingerprint density at radius 2 is 2.10 bits per heavy atom. The molecule has 2 aliphatic rings. The molecule has 0 aromatic heterocycles. The van der Waals surface area contributed by atoms with Crippen LogP contribution in [0.4, 0.5) is 0 Å². The van der Waals surface area contributed by atoms with Crippen molar-refractivity contribution in [1.29, 1.82) is 0 Å². The van der Waals surface area contributed by atoms with E-state index in [4.69, 9.17) is 16.2 Å². The number of morpholine rings is 1. The van der Waals surface area contributed by atoms with Crippen molar-refractivity contribution < 1.29 is 14.3 Å². The summed E-state index contributed by atoms with van der Waals surface area (Å²) in [6.45, 7) is 5.46. The van der Waals surface area contributed by atoms with Gasteiger partial charge in [-0.05, 0) is 19.8 Å². The molecule has 2 amide bonds. The topological polar surface area (TPSA) is 102 Å². The SMILES string of the molecule is CC(N)C1CN(CC(=O)N2CCCC(C(N)=O)C2)CCO1. The minimum absolute atomic E-state index is 0.0220. The van der Waals surface area contributed by atoms with E-state index in [9.17, 15) is 9.59 Å². The molecule has 0 aliphatic carbocycles. The first-order valence-corrected chi connectivity index (χ1v) is 7.64. The molecule has 4 N–H and O–H groups in total. The van der Waals surface area contributed by atoms with Crippen LogP contribution in [0.15, 0.2) is 0 Å². The number of hydrogen-bond donors (Lipinski definition) is 2. The van der Waals surface area contributed by atoms with Crippen LogP contribution in [0.3, 0.4) is 0 Å². The fourth-order valence-electron chi connectivity index (χ4n) is 2.92. The number of carbonyl (C=O) groups excluding carboxylic acids is 2. The van der Waals surface area contributed by atoms with E-state index in [2.05, 4.69) is 4.90 Å². The second kappa shape index (κ2) is 7.20. The molecule has 3 atom stereocenters. The summed E-state index contributed by atoms with van der Waals surface area (Å²) in [5.74, 6) is -0.452. The lowest BCUT2D eigenvalue weighted by atomic mass is 9.97. The van der Waals surface area contributed by atoms with E-state index in [1.54, 1.807) is 4.90 Å². The molecule has 2 saturated heterocycles. The number of primary amides is 1. The second-order valence-corrected chi connectivity index (χ2v) is 6.08. The second-order valence-electron chi connectivity index (χ2n) is 6.08. The van der Waals surface area contributed by atoms with E-state index in [-0.39, 0.29) is 29.9 Å². The van der Waals surface area contributed by atoms with Gasteiger partial charge in [0.1, 0.15) is 0 Å². The van der Waals surface area contributed by atoms with E-state index in [0.29, 0.717) is 32.8 Å². The summed E-state index contributed by atoms with van der Waals surface area (Å²) in [5.41, 5.74) is 11.2. The summed E-state index contributed by atoms with van der Waals surface area (Å²) in [4.78, 5) is 27.5. The number of piperidine rings is 1. The Bertz CT molecular complexity index is 388. The third-order valence-corrected chi connectivity index (χ3v) is 4.30. The van der Waals surface area contributed by atoms with Crippen LogP contribution in [0.1, 0.15) is 19.8 Å². The van der Waals surface area contributed by atoms with E-state index in [1.807, 2.05) is 6.92 Å². The molecule has 21 heavy (non-hydrogen) atoms. The normalized spacial score (nSPS) is 29.1. The average molecular weight is 298 g/mol. The summed E-state index contributed by atoms with van der Waals surface area (Å²) >= 11 is 0. The molecule has 7 nitrogen and oxygen atoms in total. The van der Waals surface area contributed by atoms with Gasteiger partial charge in [-0.2, -0.15) is 0 Å². The van der Waals surface area contributed by atoms with Crippen molar-refractivity contribution in [2.75, 3.05) is 39.3 Å². The minimum atomic E-state index is -0.309. The zero-order valence-corrected chi connectivity index (χ0v) is 12.7. The largest absolute Gasteiger partial charge is 0.374 e. The maximum atomic E-state index is 12.4. The Hall–Kier alpha value is -1.18. The Morgan fingerprint density at radius 1 is 1.33 bits per heavy atom. The first kappa shape index (κ1) is 16.2. The van der Waals surface area contributed by atoms with Crippen LogP contribution in [0.25, 0.3) is 0 Å². The van der Waals surface area contributed by atoms with Gasteiger partial charge >= 0.3 is 0 Å². The summed E-state index contributed by atoms with van der Waals surface area (Å²) in [6.07, 6.45) is 1.60. The highest BCUT2D eigenvalue weighted by atomic mass is 16.5. The van der Waals surface area contributed by atoms with Crippen LogP contribution in [0.5, 0.6) is 0 Å². The molecule has 0 radical (unpaired) electrons. The zero-order valence-electron chi connectivity index (χ0n) is 12.7. The molecule has 2 heterocycles. The van der Waals surface area contributed by atoms with E-state index in [0.717, 1.165) is 19.4 Å². The Morgan fingerprint density at radius 3 is 2.76 bits per heavy atom. The van der Waals surface area contributed by atoms with Crippen LogP contribution < -0.4 is 11.5 Å². The molecule has 2 rings (SSSR count). The maximum Gasteiger partial charge on any atom is 0.236 e. The number of likely N-dealkylation sites (tertiary alicyclic amines) is 1.